The summed E-state index contributed by atoms with van der Waals surface area (Å²) in [7, 11) is 2.26. The molecule has 3 heterocycles. The predicted octanol–water partition coefficient (Wildman–Crippen LogP) is 1.21. The van der Waals surface area contributed by atoms with Crippen molar-refractivity contribution >= 4 is 21.9 Å². The number of carbonyl (C=O) groups excluding carboxylic acids is 1. The Labute approximate surface area is 121 Å². The third-order valence-corrected chi connectivity index (χ3v) is 4.89. The molecule has 3 rings (SSSR count). The van der Waals surface area contributed by atoms with Crippen molar-refractivity contribution in [3.63, 3.8) is 0 Å². The van der Waals surface area contributed by atoms with Crippen molar-refractivity contribution < 1.29 is 14.4 Å². The van der Waals surface area contributed by atoms with E-state index in [1.807, 2.05) is 0 Å². The first-order chi connectivity index (χ1) is 9.13. The van der Waals surface area contributed by atoms with Gasteiger partial charge in [-0.25, -0.2) is 4.79 Å². The van der Waals surface area contributed by atoms with E-state index in [0.717, 1.165) is 17.3 Å². The van der Waals surface area contributed by atoms with Gasteiger partial charge in [0.25, 0.3) is 0 Å². The van der Waals surface area contributed by atoms with Crippen molar-refractivity contribution in [2.75, 3.05) is 7.05 Å². The van der Waals surface area contributed by atoms with Gasteiger partial charge in [-0.05, 0) is 22.0 Å². The molecule has 0 spiro atoms. The number of nitrogens with zero attached hydrogens (tertiary/aromatic N) is 1. The van der Waals surface area contributed by atoms with Gasteiger partial charge in [-0.15, -0.1) is 0 Å². The minimum absolute atomic E-state index is 0.0766. The molecule has 2 saturated heterocycles. The van der Waals surface area contributed by atoms with Gasteiger partial charge >= 0.3 is 5.97 Å². The monoisotopic (exact) mass is 325 g/mol. The second kappa shape index (κ2) is 5.21. The van der Waals surface area contributed by atoms with Crippen molar-refractivity contribution in [2.24, 2.45) is 0 Å². The summed E-state index contributed by atoms with van der Waals surface area (Å²) in [6, 6.07) is 3.08. The largest absolute Gasteiger partial charge is 0.458 e. The summed E-state index contributed by atoms with van der Waals surface area (Å²) in [5, 5.41) is 0. The maximum Gasteiger partial charge on any atom is 0.340 e. The highest BCUT2D eigenvalue weighted by atomic mass is 79.9. The van der Waals surface area contributed by atoms with Gasteiger partial charge in [0.2, 0.25) is 0 Å². The molecule has 2 unspecified atom stereocenters. The van der Waals surface area contributed by atoms with E-state index in [0.29, 0.717) is 17.6 Å². The van der Waals surface area contributed by atoms with Gasteiger partial charge in [-0.3, -0.25) is 4.98 Å². The van der Waals surface area contributed by atoms with Gasteiger partial charge in [0.1, 0.15) is 6.10 Å². The van der Waals surface area contributed by atoms with Gasteiger partial charge in [-0.2, -0.15) is 0 Å². The molecular formula is C14H18BrN2O2+. The summed E-state index contributed by atoms with van der Waals surface area (Å²) in [4.78, 5) is 17.7. The standard InChI is InChI=1S/C14H17BrN2O2/c1-17-11-2-3-12(17)6-13(5-11)19-14(18)9-4-10(15)8-16-7-9/h4,7-8,11-13H,2-3,5-6H2,1H3/p+1. The normalized spacial score (nSPS) is 33.2. The van der Waals surface area contributed by atoms with Crippen LogP contribution >= 0.6 is 15.9 Å². The van der Waals surface area contributed by atoms with Gasteiger partial charge in [0.05, 0.1) is 24.7 Å². The summed E-state index contributed by atoms with van der Waals surface area (Å²) in [5.74, 6) is -0.252. The number of carbonyl (C=O) groups is 1. The molecule has 19 heavy (non-hydrogen) atoms. The van der Waals surface area contributed by atoms with E-state index in [1.54, 1.807) is 23.4 Å². The molecule has 2 atom stereocenters. The Balaban J connectivity index is 1.65. The molecule has 0 aliphatic carbocycles. The number of ether oxygens (including phenoxy) is 1. The molecule has 0 amide bonds. The summed E-state index contributed by atoms with van der Waals surface area (Å²) < 4.78 is 6.45. The molecule has 1 aromatic heterocycles. The lowest BCUT2D eigenvalue weighted by molar-refractivity contribution is -0.923. The van der Waals surface area contributed by atoms with E-state index < -0.39 is 0 Å². The zero-order valence-electron chi connectivity index (χ0n) is 10.9. The third-order valence-electron chi connectivity index (χ3n) is 4.46. The van der Waals surface area contributed by atoms with Crippen molar-refractivity contribution in [3.05, 3.63) is 28.5 Å². The second-order valence-electron chi connectivity index (χ2n) is 5.61. The van der Waals surface area contributed by atoms with Crippen molar-refractivity contribution in [3.8, 4) is 0 Å². The van der Waals surface area contributed by atoms with Crippen LogP contribution in [0.25, 0.3) is 0 Å². The SMILES string of the molecule is C[NH+]1C2CCC1CC(OC(=O)c1cncc(Br)c1)C2. The Morgan fingerprint density at radius 2 is 2.05 bits per heavy atom. The number of fused-ring (bicyclic) bond motifs is 2. The number of pyridine rings is 1. The summed E-state index contributed by atoms with van der Waals surface area (Å²) in [5.41, 5.74) is 0.521. The topological polar surface area (TPSA) is 43.6 Å². The molecule has 102 valence electrons. The van der Waals surface area contributed by atoms with Crippen LogP contribution in [0.1, 0.15) is 36.0 Å². The Bertz CT molecular complexity index is 480. The van der Waals surface area contributed by atoms with Crippen molar-refractivity contribution in [2.45, 2.75) is 43.9 Å². The molecule has 0 aromatic carbocycles. The van der Waals surface area contributed by atoms with Gasteiger partial charge in [-0.1, -0.05) is 0 Å². The van der Waals surface area contributed by atoms with Crippen LogP contribution in [0.3, 0.4) is 0 Å². The molecule has 2 bridgehead atoms. The van der Waals surface area contributed by atoms with E-state index in [-0.39, 0.29) is 12.1 Å². The highest BCUT2D eigenvalue weighted by molar-refractivity contribution is 9.10. The predicted molar refractivity (Wildman–Crippen MR) is 74.1 cm³/mol. The Hall–Kier alpha value is -0.940. The molecule has 4 nitrogen and oxygen atoms in total. The smallest absolute Gasteiger partial charge is 0.340 e. The third kappa shape index (κ3) is 2.67. The van der Waals surface area contributed by atoms with Crippen LogP contribution in [0.15, 0.2) is 22.9 Å². The summed E-state index contributed by atoms with van der Waals surface area (Å²) in [6.45, 7) is 0. The van der Waals surface area contributed by atoms with E-state index in [2.05, 4.69) is 28.0 Å². The summed E-state index contributed by atoms with van der Waals surface area (Å²) >= 11 is 3.32. The minimum Gasteiger partial charge on any atom is -0.458 e. The number of hydrogen-bond donors (Lipinski definition) is 1. The first kappa shape index (κ1) is 13.1. The average Bonchev–Trinajstić information content (AvgIpc) is 2.62. The minimum atomic E-state index is -0.252. The van der Waals surface area contributed by atoms with Crippen LogP contribution in [0.5, 0.6) is 0 Å². The first-order valence-electron chi connectivity index (χ1n) is 6.78. The molecule has 2 fully saturated rings. The Kier molecular flexibility index (Phi) is 3.58. The number of esters is 1. The molecule has 2 aliphatic rings. The van der Waals surface area contributed by atoms with Gasteiger partial charge in [0.15, 0.2) is 0 Å². The van der Waals surface area contributed by atoms with Gasteiger partial charge in [0, 0.05) is 42.5 Å². The number of rotatable bonds is 2. The van der Waals surface area contributed by atoms with Crippen molar-refractivity contribution in [1.82, 2.24) is 4.98 Å². The highest BCUT2D eigenvalue weighted by Gasteiger charge is 2.43. The van der Waals surface area contributed by atoms with Crippen LogP contribution in [0, 0.1) is 0 Å². The van der Waals surface area contributed by atoms with E-state index in [9.17, 15) is 4.79 Å². The fourth-order valence-electron chi connectivity index (χ4n) is 3.37. The fourth-order valence-corrected chi connectivity index (χ4v) is 3.73. The Morgan fingerprint density at radius 3 is 2.68 bits per heavy atom. The number of hydrogen-bond acceptors (Lipinski definition) is 3. The zero-order valence-corrected chi connectivity index (χ0v) is 12.5. The van der Waals surface area contributed by atoms with E-state index in [1.165, 1.54) is 12.8 Å². The van der Waals surface area contributed by atoms with Crippen LogP contribution in [0.2, 0.25) is 0 Å². The van der Waals surface area contributed by atoms with E-state index >= 15 is 0 Å². The maximum atomic E-state index is 12.1. The van der Waals surface area contributed by atoms with Crippen molar-refractivity contribution in [1.29, 1.82) is 0 Å². The molecular weight excluding hydrogens is 308 g/mol. The quantitative estimate of drug-likeness (QED) is 0.831. The molecule has 2 aliphatic heterocycles. The lowest BCUT2D eigenvalue weighted by Crippen LogP contribution is -3.15. The number of piperidine rings is 1. The molecule has 1 N–H and O–H groups in total. The average molecular weight is 326 g/mol. The lowest BCUT2D eigenvalue weighted by Gasteiger charge is -2.33. The first-order valence-corrected chi connectivity index (χ1v) is 7.57. The fraction of sp³-hybridized carbons (Fsp3) is 0.571. The number of quaternary nitrogens is 1. The number of nitrogens with one attached hydrogen (secondary N) is 1. The highest BCUT2D eigenvalue weighted by Crippen LogP contribution is 2.25. The second-order valence-corrected chi connectivity index (χ2v) is 6.52. The van der Waals surface area contributed by atoms with Gasteiger partial charge < -0.3 is 9.64 Å². The molecule has 5 heteroatoms. The van der Waals surface area contributed by atoms with Crippen LogP contribution in [0.4, 0.5) is 0 Å². The zero-order chi connectivity index (χ0) is 13.4. The van der Waals surface area contributed by atoms with Crippen LogP contribution < -0.4 is 4.90 Å². The Morgan fingerprint density at radius 1 is 1.37 bits per heavy atom. The van der Waals surface area contributed by atoms with E-state index in [4.69, 9.17) is 4.74 Å². The number of halogens is 1. The molecule has 0 radical (unpaired) electrons. The number of aromatic nitrogens is 1. The lowest BCUT2D eigenvalue weighted by atomic mass is 10.0. The molecule has 1 aromatic rings. The van der Waals surface area contributed by atoms with Crippen LogP contribution in [-0.4, -0.2) is 36.2 Å². The van der Waals surface area contributed by atoms with Crippen LogP contribution in [-0.2, 0) is 4.74 Å². The molecule has 0 saturated carbocycles. The summed E-state index contributed by atoms with van der Waals surface area (Å²) in [6.07, 6.45) is 7.82. The maximum absolute atomic E-state index is 12.1.